The smallest absolute Gasteiger partial charge is 0.420 e. The lowest BCUT2D eigenvalue weighted by molar-refractivity contribution is -0.136. The van der Waals surface area contributed by atoms with Crippen LogP contribution in [0.25, 0.3) is 16.8 Å². The van der Waals surface area contributed by atoms with Crippen LogP contribution < -0.4 is 5.73 Å². The average molecular weight is 332 g/mol. The van der Waals surface area contributed by atoms with E-state index in [1.807, 2.05) is 0 Å². The molecule has 0 aromatic carbocycles. The molecule has 0 aliphatic rings. The van der Waals surface area contributed by atoms with Gasteiger partial charge in [0.25, 0.3) is 0 Å². The van der Waals surface area contributed by atoms with Gasteiger partial charge in [-0.3, -0.25) is 0 Å². The van der Waals surface area contributed by atoms with E-state index in [1.165, 1.54) is 16.9 Å². The van der Waals surface area contributed by atoms with Gasteiger partial charge in [-0.15, -0.1) is 12.4 Å². The molecule has 0 radical (unpaired) electrons. The van der Waals surface area contributed by atoms with E-state index in [-0.39, 0.29) is 18.1 Å². The SMILES string of the molecule is Cl.NCCc1cn2cc(-c3ccoc3)cc(C(F)(F)F)c2n1. The topological polar surface area (TPSA) is 56.5 Å². The second-order valence-corrected chi connectivity index (χ2v) is 4.65. The molecule has 22 heavy (non-hydrogen) atoms. The minimum Gasteiger partial charge on any atom is -0.472 e. The van der Waals surface area contributed by atoms with Gasteiger partial charge in [0.05, 0.1) is 23.8 Å². The Labute approximate surface area is 130 Å². The number of hydrogen-bond donors (Lipinski definition) is 1. The van der Waals surface area contributed by atoms with E-state index in [0.29, 0.717) is 29.8 Å². The summed E-state index contributed by atoms with van der Waals surface area (Å²) in [6.07, 6.45) is 1.94. The summed E-state index contributed by atoms with van der Waals surface area (Å²) in [5, 5.41) is 0. The zero-order chi connectivity index (χ0) is 15.0. The van der Waals surface area contributed by atoms with Crippen LogP contribution in [-0.2, 0) is 12.6 Å². The Kier molecular flexibility index (Phi) is 4.48. The fraction of sp³-hybridized carbons (Fsp3) is 0.214. The first-order valence-corrected chi connectivity index (χ1v) is 6.30. The normalized spacial score (nSPS) is 11.6. The lowest BCUT2D eigenvalue weighted by Crippen LogP contribution is -2.08. The highest BCUT2D eigenvalue weighted by molar-refractivity contribution is 5.85. The molecule has 0 unspecified atom stereocenters. The average Bonchev–Trinajstić information content (AvgIpc) is 3.05. The van der Waals surface area contributed by atoms with Gasteiger partial charge in [-0.2, -0.15) is 13.2 Å². The zero-order valence-corrected chi connectivity index (χ0v) is 12.1. The minimum atomic E-state index is -4.48. The van der Waals surface area contributed by atoms with Crippen molar-refractivity contribution in [3.05, 3.63) is 48.3 Å². The molecular formula is C14H13ClF3N3O. The second-order valence-electron chi connectivity index (χ2n) is 4.65. The number of hydrogen-bond acceptors (Lipinski definition) is 3. The molecule has 0 spiro atoms. The molecule has 0 aliphatic heterocycles. The van der Waals surface area contributed by atoms with E-state index in [1.54, 1.807) is 18.5 Å². The summed E-state index contributed by atoms with van der Waals surface area (Å²) in [4.78, 5) is 4.03. The fourth-order valence-electron chi connectivity index (χ4n) is 2.21. The summed E-state index contributed by atoms with van der Waals surface area (Å²) in [7, 11) is 0. The molecule has 3 heterocycles. The number of alkyl halides is 3. The van der Waals surface area contributed by atoms with Crippen molar-refractivity contribution in [2.45, 2.75) is 12.6 Å². The van der Waals surface area contributed by atoms with Crippen LogP contribution in [0.3, 0.4) is 0 Å². The number of aromatic nitrogens is 2. The molecule has 0 bridgehead atoms. The van der Waals surface area contributed by atoms with Crippen molar-refractivity contribution in [2.75, 3.05) is 6.54 Å². The van der Waals surface area contributed by atoms with Crippen LogP contribution in [0.5, 0.6) is 0 Å². The van der Waals surface area contributed by atoms with Crippen molar-refractivity contribution in [1.82, 2.24) is 9.38 Å². The van der Waals surface area contributed by atoms with Crippen molar-refractivity contribution in [2.24, 2.45) is 5.73 Å². The van der Waals surface area contributed by atoms with Gasteiger partial charge in [0.2, 0.25) is 0 Å². The Morgan fingerprint density at radius 2 is 2.00 bits per heavy atom. The summed E-state index contributed by atoms with van der Waals surface area (Å²) < 4.78 is 46.0. The Morgan fingerprint density at radius 1 is 1.23 bits per heavy atom. The third kappa shape index (κ3) is 2.95. The van der Waals surface area contributed by atoms with Gasteiger partial charge < -0.3 is 14.6 Å². The molecule has 2 N–H and O–H groups in total. The van der Waals surface area contributed by atoms with Gasteiger partial charge in [-0.05, 0) is 18.7 Å². The van der Waals surface area contributed by atoms with Gasteiger partial charge in [-0.1, -0.05) is 0 Å². The number of fused-ring (bicyclic) bond motifs is 1. The van der Waals surface area contributed by atoms with E-state index in [2.05, 4.69) is 4.98 Å². The van der Waals surface area contributed by atoms with Gasteiger partial charge in [0.1, 0.15) is 5.65 Å². The molecule has 0 amide bonds. The number of imidazole rings is 1. The van der Waals surface area contributed by atoms with Gasteiger partial charge >= 0.3 is 6.18 Å². The molecule has 0 aliphatic carbocycles. The number of nitrogens with zero attached hydrogens (tertiary/aromatic N) is 2. The predicted molar refractivity (Wildman–Crippen MR) is 77.9 cm³/mol. The Hall–Kier alpha value is -1.99. The van der Waals surface area contributed by atoms with E-state index >= 15 is 0 Å². The van der Waals surface area contributed by atoms with E-state index < -0.39 is 11.7 Å². The largest absolute Gasteiger partial charge is 0.472 e. The van der Waals surface area contributed by atoms with E-state index in [9.17, 15) is 13.2 Å². The van der Waals surface area contributed by atoms with Crippen LogP contribution >= 0.6 is 12.4 Å². The molecule has 0 fully saturated rings. The van der Waals surface area contributed by atoms with Crippen LogP contribution in [0.15, 0.2) is 41.5 Å². The third-order valence-corrected chi connectivity index (χ3v) is 3.16. The highest BCUT2D eigenvalue weighted by Gasteiger charge is 2.34. The highest BCUT2D eigenvalue weighted by atomic mass is 35.5. The maximum Gasteiger partial charge on any atom is 0.420 e. The quantitative estimate of drug-likeness (QED) is 0.798. The van der Waals surface area contributed by atoms with Crippen molar-refractivity contribution < 1.29 is 17.6 Å². The lowest BCUT2D eigenvalue weighted by Gasteiger charge is -2.10. The summed E-state index contributed by atoms with van der Waals surface area (Å²) in [6, 6.07) is 2.69. The molecule has 0 saturated carbocycles. The van der Waals surface area contributed by atoms with E-state index in [4.69, 9.17) is 10.2 Å². The molecule has 0 atom stereocenters. The first-order valence-electron chi connectivity index (χ1n) is 6.30. The van der Waals surface area contributed by atoms with Crippen molar-refractivity contribution in [3.63, 3.8) is 0 Å². The number of halogens is 4. The van der Waals surface area contributed by atoms with Crippen LogP contribution in [0.4, 0.5) is 13.2 Å². The fourth-order valence-corrected chi connectivity index (χ4v) is 2.21. The van der Waals surface area contributed by atoms with Crippen LogP contribution in [0.2, 0.25) is 0 Å². The van der Waals surface area contributed by atoms with Crippen molar-refractivity contribution >= 4 is 18.1 Å². The Morgan fingerprint density at radius 3 is 2.59 bits per heavy atom. The van der Waals surface area contributed by atoms with Crippen LogP contribution in [0, 0.1) is 0 Å². The minimum absolute atomic E-state index is 0. The van der Waals surface area contributed by atoms with Crippen molar-refractivity contribution in [1.29, 1.82) is 0 Å². The monoisotopic (exact) mass is 331 g/mol. The first-order chi connectivity index (χ1) is 9.99. The maximum absolute atomic E-state index is 13.2. The third-order valence-electron chi connectivity index (χ3n) is 3.16. The molecular weight excluding hydrogens is 319 g/mol. The summed E-state index contributed by atoms with van der Waals surface area (Å²) in [5.41, 5.74) is 6.07. The van der Waals surface area contributed by atoms with Gasteiger partial charge in [0.15, 0.2) is 0 Å². The number of furan rings is 1. The van der Waals surface area contributed by atoms with Gasteiger partial charge in [0, 0.05) is 29.9 Å². The number of rotatable bonds is 3. The summed E-state index contributed by atoms with van der Waals surface area (Å²) >= 11 is 0. The zero-order valence-electron chi connectivity index (χ0n) is 11.3. The maximum atomic E-state index is 13.2. The first kappa shape index (κ1) is 16.4. The van der Waals surface area contributed by atoms with Gasteiger partial charge in [-0.25, -0.2) is 4.98 Å². The lowest BCUT2D eigenvalue weighted by atomic mass is 10.1. The molecule has 3 rings (SSSR count). The Bertz CT molecular complexity index is 766. The Balaban J connectivity index is 0.00000176. The molecule has 3 aromatic heterocycles. The highest BCUT2D eigenvalue weighted by Crippen LogP contribution is 2.35. The molecule has 8 heteroatoms. The number of pyridine rings is 1. The summed E-state index contributed by atoms with van der Waals surface area (Å²) in [6.45, 7) is 0.333. The molecule has 4 nitrogen and oxygen atoms in total. The molecule has 0 saturated heterocycles. The standard InChI is InChI=1S/C14H12F3N3O.ClH/c15-14(16,17)12-5-10(9-2-4-21-8-9)6-20-7-11(1-3-18)19-13(12)20;/h2,4-8H,1,3,18H2;1H. The molecule has 3 aromatic rings. The van der Waals surface area contributed by atoms with Crippen molar-refractivity contribution in [3.8, 4) is 11.1 Å². The van der Waals surface area contributed by atoms with E-state index in [0.717, 1.165) is 6.07 Å². The summed E-state index contributed by atoms with van der Waals surface area (Å²) in [5.74, 6) is 0. The van der Waals surface area contributed by atoms with Crippen LogP contribution in [-0.4, -0.2) is 15.9 Å². The molecule has 118 valence electrons. The van der Waals surface area contributed by atoms with Crippen LogP contribution in [0.1, 0.15) is 11.3 Å². The second kappa shape index (κ2) is 6.02. The predicted octanol–water partition coefficient (Wildman–Crippen LogP) is 3.54. The number of nitrogens with two attached hydrogens (primary N) is 1.